The van der Waals surface area contributed by atoms with Crippen molar-refractivity contribution in [2.75, 3.05) is 13.2 Å². The number of carbonyl (C=O) groups is 1. The number of hydrogen-bond donors (Lipinski definition) is 1. The van der Waals surface area contributed by atoms with Gasteiger partial charge in [-0.1, -0.05) is 36.4 Å². The van der Waals surface area contributed by atoms with Crippen LogP contribution in [0.4, 0.5) is 0 Å². The number of thioether (sulfide) groups is 1. The summed E-state index contributed by atoms with van der Waals surface area (Å²) in [5.41, 5.74) is 0.967. The molecule has 5 heteroatoms. The van der Waals surface area contributed by atoms with Crippen LogP contribution in [0.5, 0.6) is 5.75 Å². The summed E-state index contributed by atoms with van der Waals surface area (Å²) in [6, 6.07) is 17.9. The Balaban J connectivity index is 1.79. The number of amides is 1. The van der Waals surface area contributed by atoms with Crippen LogP contribution < -0.4 is 4.74 Å². The number of ether oxygens (including phenoxy) is 1. The van der Waals surface area contributed by atoms with E-state index in [9.17, 15) is 9.90 Å². The first-order valence-corrected chi connectivity index (χ1v) is 10.3. The quantitative estimate of drug-likeness (QED) is 0.705. The molecule has 1 atom stereocenters. The Hall–Kier alpha value is -1.98. The first-order valence-electron chi connectivity index (χ1n) is 9.46. The van der Waals surface area contributed by atoms with Crippen molar-refractivity contribution in [2.45, 2.75) is 49.0 Å². The van der Waals surface area contributed by atoms with Crippen LogP contribution in [-0.2, 0) is 11.3 Å². The van der Waals surface area contributed by atoms with Crippen LogP contribution in [0.25, 0.3) is 0 Å². The topological polar surface area (TPSA) is 49.8 Å². The van der Waals surface area contributed by atoms with Crippen molar-refractivity contribution in [3.05, 3.63) is 60.2 Å². The Kier molecular flexibility index (Phi) is 6.45. The lowest BCUT2D eigenvalue weighted by molar-refractivity contribution is -0.133. The predicted molar refractivity (Wildman–Crippen MR) is 109 cm³/mol. The third-order valence-corrected chi connectivity index (χ3v) is 6.04. The van der Waals surface area contributed by atoms with E-state index in [4.69, 9.17) is 4.74 Å². The van der Waals surface area contributed by atoms with Gasteiger partial charge >= 0.3 is 0 Å². The fraction of sp³-hybridized carbons (Fsp3) is 0.409. The van der Waals surface area contributed by atoms with E-state index in [1.807, 2.05) is 61.5 Å². The lowest BCUT2D eigenvalue weighted by Gasteiger charge is -2.29. The Morgan fingerprint density at radius 2 is 1.85 bits per heavy atom. The lowest BCUT2D eigenvalue weighted by atomic mass is 10.1. The predicted octanol–water partition coefficient (Wildman–Crippen LogP) is 4.12. The molecule has 1 fully saturated rings. The minimum absolute atomic E-state index is 0.101. The van der Waals surface area contributed by atoms with Crippen molar-refractivity contribution in [1.29, 1.82) is 0 Å². The third-order valence-electron chi connectivity index (χ3n) is 4.56. The first-order chi connectivity index (χ1) is 13.0. The highest BCUT2D eigenvalue weighted by Crippen LogP contribution is 2.53. The minimum Gasteiger partial charge on any atom is -0.494 e. The molecule has 0 bridgehead atoms. The van der Waals surface area contributed by atoms with Gasteiger partial charge in [0.2, 0.25) is 5.91 Å². The maximum atomic E-state index is 13.4. The Bertz CT molecular complexity index is 759. The molecule has 1 amide bonds. The molecule has 1 aliphatic rings. The second kappa shape index (κ2) is 8.81. The lowest BCUT2D eigenvalue weighted by Crippen LogP contribution is -2.42. The van der Waals surface area contributed by atoms with E-state index >= 15 is 0 Å². The van der Waals surface area contributed by atoms with Crippen molar-refractivity contribution < 1.29 is 14.6 Å². The van der Waals surface area contributed by atoms with E-state index < -0.39 is 10.9 Å². The van der Waals surface area contributed by atoms with Gasteiger partial charge in [0.1, 0.15) is 5.75 Å². The summed E-state index contributed by atoms with van der Waals surface area (Å²) in [7, 11) is 0. The molecule has 2 aromatic carbocycles. The van der Waals surface area contributed by atoms with Gasteiger partial charge in [-0.15, -0.1) is 11.8 Å². The zero-order chi connectivity index (χ0) is 19.3. The molecule has 0 aromatic heterocycles. The van der Waals surface area contributed by atoms with Crippen LogP contribution in [0.2, 0.25) is 0 Å². The molecular weight excluding hydrogens is 358 g/mol. The van der Waals surface area contributed by atoms with Gasteiger partial charge in [0.05, 0.1) is 17.5 Å². The minimum atomic E-state index is -0.578. The SMILES string of the molecule is CCOc1ccccc1CN(CC(C)O)C(=O)C1(Sc2ccccc2)CC1. The molecule has 0 heterocycles. The van der Waals surface area contributed by atoms with Crippen LogP contribution in [0.1, 0.15) is 32.3 Å². The van der Waals surface area contributed by atoms with Gasteiger partial charge in [-0.3, -0.25) is 4.79 Å². The van der Waals surface area contributed by atoms with E-state index in [2.05, 4.69) is 0 Å². The summed E-state index contributed by atoms with van der Waals surface area (Å²) in [4.78, 5) is 16.3. The summed E-state index contributed by atoms with van der Waals surface area (Å²) in [6.07, 6.45) is 1.16. The summed E-state index contributed by atoms with van der Waals surface area (Å²) in [5, 5.41) is 9.97. The summed E-state index contributed by atoms with van der Waals surface area (Å²) in [5.74, 6) is 0.896. The number of hydrogen-bond acceptors (Lipinski definition) is 4. The van der Waals surface area contributed by atoms with E-state index in [1.54, 1.807) is 23.6 Å². The maximum Gasteiger partial charge on any atom is 0.239 e. The molecule has 144 valence electrons. The van der Waals surface area contributed by atoms with Gasteiger partial charge in [-0.2, -0.15) is 0 Å². The van der Waals surface area contributed by atoms with Gasteiger partial charge in [0, 0.05) is 23.5 Å². The number of benzene rings is 2. The highest BCUT2D eigenvalue weighted by Gasteiger charge is 2.52. The largest absolute Gasteiger partial charge is 0.494 e. The third kappa shape index (κ3) is 5.05. The van der Waals surface area contributed by atoms with Crippen LogP contribution in [0, 0.1) is 0 Å². The fourth-order valence-electron chi connectivity index (χ4n) is 3.15. The molecule has 0 saturated heterocycles. The summed E-state index contributed by atoms with van der Waals surface area (Å²) in [6.45, 7) is 5.01. The second-order valence-electron chi connectivity index (χ2n) is 6.98. The molecule has 27 heavy (non-hydrogen) atoms. The molecule has 0 aliphatic heterocycles. The number of carbonyl (C=O) groups excluding carboxylic acids is 1. The number of para-hydroxylation sites is 1. The van der Waals surface area contributed by atoms with E-state index in [0.717, 1.165) is 29.1 Å². The number of aliphatic hydroxyl groups excluding tert-OH is 1. The average molecular weight is 386 g/mol. The summed E-state index contributed by atoms with van der Waals surface area (Å²) < 4.78 is 5.31. The molecular formula is C22H27NO3S. The van der Waals surface area contributed by atoms with Crippen molar-refractivity contribution in [3.63, 3.8) is 0 Å². The maximum absolute atomic E-state index is 13.4. The highest BCUT2D eigenvalue weighted by molar-refractivity contribution is 8.01. The summed E-state index contributed by atoms with van der Waals surface area (Å²) >= 11 is 1.64. The molecule has 0 spiro atoms. The van der Waals surface area contributed by atoms with Crippen molar-refractivity contribution in [3.8, 4) is 5.75 Å². The van der Waals surface area contributed by atoms with Gasteiger partial charge in [-0.25, -0.2) is 0 Å². The van der Waals surface area contributed by atoms with Gasteiger partial charge in [0.25, 0.3) is 0 Å². The number of nitrogens with zero attached hydrogens (tertiary/aromatic N) is 1. The highest BCUT2D eigenvalue weighted by atomic mass is 32.2. The smallest absolute Gasteiger partial charge is 0.239 e. The van der Waals surface area contributed by atoms with Gasteiger partial charge in [0.15, 0.2) is 0 Å². The average Bonchev–Trinajstić information content (AvgIpc) is 3.43. The zero-order valence-corrected chi connectivity index (χ0v) is 16.7. The zero-order valence-electron chi connectivity index (χ0n) is 15.9. The molecule has 1 unspecified atom stereocenters. The van der Waals surface area contributed by atoms with Crippen LogP contribution >= 0.6 is 11.8 Å². The van der Waals surface area contributed by atoms with Crippen LogP contribution in [0.3, 0.4) is 0 Å². The molecule has 1 N–H and O–H groups in total. The molecule has 1 aliphatic carbocycles. The number of rotatable bonds is 9. The Morgan fingerprint density at radius 3 is 2.48 bits per heavy atom. The molecule has 1 saturated carbocycles. The van der Waals surface area contributed by atoms with Crippen molar-refractivity contribution in [2.24, 2.45) is 0 Å². The van der Waals surface area contributed by atoms with Crippen LogP contribution in [-0.4, -0.2) is 39.9 Å². The molecule has 2 aromatic rings. The molecule has 4 nitrogen and oxygen atoms in total. The van der Waals surface area contributed by atoms with Gasteiger partial charge in [-0.05, 0) is 44.9 Å². The second-order valence-corrected chi connectivity index (χ2v) is 8.44. The van der Waals surface area contributed by atoms with Crippen LogP contribution in [0.15, 0.2) is 59.5 Å². The van der Waals surface area contributed by atoms with Crippen molar-refractivity contribution in [1.82, 2.24) is 4.90 Å². The Morgan fingerprint density at radius 1 is 1.19 bits per heavy atom. The van der Waals surface area contributed by atoms with Crippen molar-refractivity contribution >= 4 is 17.7 Å². The molecule has 0 radical (unpaired) electrons. The first kappa shape index (κ1) is 19.8. The molecule has 3 rings (SSSR count). The fourth-order valence-corrected chi connectivity index (χ4v) is 4.42. The van der Waals surface area contributed by atoms with E-state index in [-0.39, 0.29) is 5.91 Å². The van der Waals surface area contributed by atoms with E-state index in [0.29, 0.717) is 19.7 Å². The van der Waals surface area contributed by atoms with E-state index in [1.165, 1.54) is 0 Å². The monoisotopic (exact) mass is 385 g/mol. The normalized spacial score (nSPS) is 15.8. The van der Waals surface area contributed by atoms with Gasteiger partial charge < -0.3 is 14.7 Å². The number of aliphatic hydroxyl groups is 1. The Labute approximate surface area is 165 Å². The standard InChI is InChI=1S/C22H27NO3S/c1-3-26-20-12-8-7-9-18(20)16-23(15-17(2)24)21(25)22(13-14-22)27-19-10-5-4-6-11-19/h4-12,17,24H,3,13-16H2,1-2H3.